The maximum atomic E-state index is 10.9. The molecular weight excluding hydrogens is 525 g/mol. The van der Waals surface area contributed by atoms with E-state index in [1.807, 2.05) is 32.9 Å². The molecule has 0 spiro atoms. The molecule has 0 saturated carbocycles. The highest BCUT2D eigenvalue weighted by Gasteiger charge is 2.27. The standard InChI is InChI=1S/C22H39N5O4.HI/c1-4-23-21(25-16-22(3,28)17-26-7-11-29-12-8-26)24-15-19(20-6-5-18(2)31-20)27-9-13-30-14-10-27;/h5-6,19,28H,4,7-17H2,1-3H3,(H2,23,24,25);1H. The van der Waals surface area contributed by atoms with Crippen molar-refractivity contribution in [3.05, 3.63) is 23.7 Å². The Bertz CT molecular complexity index is 688. The molecule has 3 N–H and O–H groups in total. The lowest BCUT2D eigenvalue weighted by atomic mass is 10.1. The van der Waals surface area contributed by atoms with Crippen LogP contribution in [0.5, 0.6) is 0 Å². The number of nitrogens with zero attached hydrogens (tertiary/aromatic N) is 3. The third kappa shape index (κ3) is 8.79. The summed E-state index contributed by atoms with van der Waals surface area (Å²) in [4.78, 5) is 9.29. The largest absolute Gasteiger partial charge is 0.465 e. The van der Waals surface area contributed by atoms with Gasteiger partial charge in [0.25, 0.3) is 0 Å². The molecule has 1 aromatic heterocycles. The molecule has 0 amide bonds. The van der Waals surface area contributed by atoms with Crippen molar-refractivity contribution in [3.8, 4) is 0 Å². The van der Waals surface area contributed by atoms with Gasteiger partial charge in [-0.05, 0) is 32.9 Å². The number of rotatable bonds is 9. The van der Waals surface area contributed by atoms with Gasteiger partial charge in [0.15, 0.2) is 5.96 Å². The minimum absolute atomic E-state index is 0. The van der Waals surface area contributed by atoms with Crippen LogP contribution in [0.4, 0.5) is 0 Å². The van der Waals surface area contributed by atoms with Crippen LogP contribution in [0.25, 0.3) is 0 Å². The molecule has 2 unspecified atom stereocenters. The number of aliphatic hydroxyl groups is 1. The molecule has 184 valence electrons. The molecule has 0 bridgehead atoms. The second kappa shape index (κ2) is 13.7. The molecule has 10 heteroatoms. The van der Waals surface area contributed by atoms with E-state index in [0.717, 1.165) is 70.7 Å². The maximum Gasteiger partial charge on any atom is 0.191 e. The van der Waals surface area contributed by atoms with Crippen molar-refractivity contribution in [2.24, 2.45) is 4.99 Å². The SMILES string of the molecule is CCNC(=NCC(C)(O)CN1CCOCC1)NCC(c1ccc(C)o1)N1CCOCC1.I. The van der Waals surface area contributed by atoms with Gasteiger partial charge in [-0.25, -0.2) is 0 Å². The first-order chi connectivity index (χ1) is 15.0. The number of hydrogen-bond acceptors (Lipinski definition) is 7. The maximum absolute atomic E-state index is 10.9. The van der Waals surface area contributed by atoms with E-state index in [1.54, 1.807) is 0 Å². The molecule has 2 aliphatic heterocycles. The summed E-state index contributed by atoms with van der Waals surface area (Å²) < 4.78 is 16.9. The van der Waals surface area contributed by atoms with Gasteiger partial charge in [-0.15, -0.1) is 24.0 Å². The Labute approximate surface area is 208 Å². The Balaban J connectivity index is 0.00000363. The monoisotopic (exact) mass is 565 g/mol. The van der Waals surface area contributed by atoms with Gasteiger partial charge in [-0.2, -0.15) is 0 Å². The van der Waals surface area contributed by atoms with Crippen LogP contribution in [-0.2, 0) is 9.47 Å². The zero-order valence-electron chi connectivity index (χ0n) is 19.6. The minimum Gasteiger partial charge on any atom is -0.465 e. The van der Waals surface area contributed by atoms with E-state index < -0.39 is 5.60 Å². The van der Waals surface area contributed by atoms with Crippen molar-refractivity contribution < 1.29 is 19.0 Å². The number of aryl methyl sites for hydroxylation is 1. The quantitative estimate of drug-likeness (QED) is 0.234. The molecular formula is C22H40IN5O4. The normalized spacial score (nSPS) is 21.4. The summed E-state index contributed by atoms with van der Waals surface area (Å²) in [5.41, 5.74) is -0.901. The van der Waals surface area contributed by atoms with Gasteiger partial charge in [-0.1, -0.05) is 0 Å². The number of nitrogens with one attached hydrogen (secondary N) is 2. The third-order valence-corrected chi connectivity index (χ3v) is 5.63. The van der Waals surface area contributed by atoms with Crippen molar-refractivity contribution in [3.63, 3.8) is 0 Å². The van der Waals surface area contributed by atoms with Crippen LogP contribution in [0, 0.1) is 6.92 Å². The first kappa shape index (κ1) is 27.3. The van der Waals surface area contributed by atoms with Gasteiger partial charge < -0.3 is 29.6 Å². The molecule has 0 radical (unpaired) electrons. The lowest BCUT2D eigenvalue weighted by Crippen LogP contribution is -2.49. The first-order valence-corrected chi connectivity index (χ1v) is 11.4. The highest BCUT2D eigenvalue weighted by Crippen LogP contribution is 2.23. The molecule has 2 saturated heterocycles. The molecule has 2 aliphatic rings. The summed E-state index contributed by atoms with van der Waals surface area (Å²) in [7, 11) is 0. The van der Waals surface area contributed by atoms with Crippen molar-refractivity contribution in [2.45, 2.75) is 32.4 Å². The number of ether oxygens (including phenoxy) is 2. The van der Waals surface area contributed by atoms with E-state index in [1.165, 1.54) is 0 Å². The van der Waals surface area contributed by atoms with Crippen LogP contribution in [-0.4, -0.2) is 105 Å². The Morgan fingerprint density at radius 3 is 2.38 bits per heavy atom. The average Bonchev–Trinajstić information content (AvgIpc) is 3.19. The van der Waals surface area contributed by atoms with Gasteiger partial charge >= 0.3 is 0 Å². The van der Waals surface area contributed by atoms with Crippen LogP contribution >= 0.6 is 24.0 Å². The molecule has 2 atom stereocenters. The highest BCUT2D eigenvalue weighted by atomic mass is 127. The summed E-state index contributed by atoms with van der Waals surface area (Å²) in [6, 6.07) is 4.15. The van der Waals surface area contributed by atoms with Gasteiger partial charge in [0.1, 0.15) is 11.5 Å². The van der Waals surface area contributed by atoms with E-state index in [4.69, 9.17) is 13.9 Å². The number of halogens is 1. The fourth-order valence-corrected chi connectivity index (χ4v) is 4.01. The van der Waals surface area contributed by atoms with Crippen molar-refractivity contribution in [2.75, 3.05) is 78.8 Å². The molecule has 9 nitrogen and oxygen atoms in total. The smallest absolute Gasteiger partial charge is 0.191 e. The molecule has 0 aromatic carbocycles. The molecule has 1 aromatic rings. The first-order valence-electron chi connectivity index (χ1n) is 11.4. The van der Waals surface area contributed by atoms with Crippen molar-refractivity contribution >= 4 is 29.9 Å². The van der Waals surface area contributed by atoms with E-state index in [-0.39, 0.29) is 30.0 Å². The predicted molar refractivity (Wildman–Crippen MR) is 136 cm³/mol. The molecule has 3 heterocycles. The topological polar surface area (TPSA) is 94.7 Å². The zero-order valence-corrected chi connectivity index (χ0v) is 22.0. The minimum atomic E-state index is -0.901. The predicted octanol–water partition coefficient (Wildman–Crippen LogP) is 1.22. The van der Waals surface area contributed by atoms with E-state index in [2.05, 4.69) is 25.4 Å². The number of guanidine groups is 1. The fourth-order valence-electron chi connectivity index (χ4n) is 4.01. The number of hydrogen-bond donors (Lipinski definition) is 3. The van der Waals surface area contributed by atoms with Gasteiger partial charge in [0.05, 0.1) is 44.6 Å². The lowest BCUT2D eigenvalue weighted by Gasteiger charge is -2.34. The lowest BCUT2D eigenvalue weighted by molar-refractivity contribution is -0.0180. The summed E-state index contributed by atoms with van der Waals surface area (Å²) in [6.07, 6.45) is 0. The van der Waals surface area contributed by atoms with Crippen molar-refractivity contribution in [1.82, 2.24) is 20.4 Å². The molecule has 3 rings (SSSR count). The summed E-state index contributed by atoms with van der Waals surface area (Å²) in [5.74, 6) is 2.56. The number of β-amino-alcohol motifs (C(OH)–C–C–N with tert-alkyl or cyclic N) is 1. The zero-order chi connectivity index (χ0) is 22.1. The molecule has 0 aliphatic carbocycles. The van der Waals surface area contributed by atoms with E-state index >= 15 is 0 Å². The van der Waals surface area contributed by atoms with E-state index in [0.29, 0.717) is 25.6 Å². The Hall–Kier alpha value is -0.920. The Morgan fingerprint density at radius 1 is 1.12 bits per heavy atom. The highest BCUT2D eigenvalue weighted by molar-refractivity contribution is 14.0. The Kier molecular flexibility index (Phi) is 11.7. The van der Waals surface area contributed by atoms with Crippen molar-refractivity contribution in [1.29, 1.82) is 0 Å². The van der Waals surface area contributed by atoms with Gasteiger partial charge in [0.2, 0.25) is 0 Å². The second-order valence-corrected chi connectivity index (χ2v) is 8.57. The molecule has 2 fully saturated rings. The van der Waals surface area contributed by atoms with Crippen LogP contribution in [0.2, 0.25) is 0 Å². The fraction of sp³-hybridized carbons (Fsp3) is 0.773. The van der Waals surface area contributed by atoms with Crippen LogP contribution in [0.3, 0.4) is 0 Å². The van der Waals surface area contributed by atoms with E-state index in [9.17, 15) is 5.11 Å². The summed E-state index contributed by atoms with van der Waals surface area (Å²) in [6.45, 7) is 14.5. The van der Waals surface area contributed by atoms with Crippen LogP contribution in [0.1, 0.15) is 31.4 Å². The Morgan fingerprint density at radius 2 is 1.78 bits per heavy atom. The number of morpholine rings is 2. The van der Waals surface area contributed by atoms with Crippen LogP contribution in [0.15, 0.2) is 21.5 Å². The van der Waals surface area contributed by atoms with Gasteiger partial charge in [0, 0.05) is 45.8 Å². The average molecular weight is 565 g/mol. The van der Waals surface area contributed by atoms with Gasteiger partial charge in [-0.3, -0.25) is 14.8 Å². The van der Waals surface area contributed by atoms with Crippen LogP contribution < -0.4 is 10.6 Å². The number of aliphatic imine (C=N–C) groups is 1. The molecule has 32 heavy (non-hydrogen) atoms. The third-order valence-electron chi connectivity index (χ3n) is 5.63. The summed E-state index contributed by atoms with van der Waals surface area (Å²) >= 11 is 0. The number of furan rings is 1. The second-order valence-electron chi connectivity index (χ2n) is 8.57. The summed E-state index contributed by atoms with van der Waals surface area (Å²) in [5, 5.41) is 17.6.